The molecule has 0 aliphatic carbocycles. The number of rotatable bonds is 14. The van der Waals surface area contributed by atoms with Gasteiger partial charge in [0.2, 0.25) is 15.9 Å². The number of nitrogens with zero attached hydrogens (tertiary/aromatic N) is 2. The van der Waals surface area contributed by atoms with Gasteiger partial charge in [0.05, 0.1) is 11.6 Å². The van der Waals surface area contributed by atoms with Crippen LogP contribution in [0.2, 0.25) is 10.0 Å². The number of hydrogen-bond acceptors (Lipinski definition) is 9. The number of carbonyl (C=O) groups excluding carboxylic acids is 2. The largest absolute Gasteiger partial charge is 0.487 e. The van der Waals surface area contributed by atoms with Crippen LogP contribution in [0.3, 0.4) is 0 Å². The minimum atomic E-state index is -4.18. The topological polar surface area (TPSA) is 177 Å². The van der Waals surface area contributed by atoms with Crippen LogP contribution >= 0.6 is 23.2 Å². The zero-order chi connectivity index (χ0) is 36.0. The molecular weight excluding hydrogens is 703 g/mol. The van der Waals surface area contributed by atoms with Gasteiger partial charge >= 0.3 is 5.97 Å². The van der Waals surface area contributed by atoms with E-state index in [0.29, 0.717) is 53.9 Å². The second-order valence-corrected chi connectivity index (χ2v) is 14.5. The van der Waals surface area contributed by atoms with Gasteiger partial charge in [-0.25, -0.2) is 13.4 Å². The molecule has 1 aliphatic heterocycles. The van der Waals surface area contributed by atoms with Gasteiger partial charge in [0.1, 0.15) is 40.4 Å². The maximum atomic E-state index is 13.9. The first-order valence-electron chi connectivity index (χ1n) is 16.0. The summed E-state index contributed by atoms with van der Waals surface area (Å²) in [4.78, 5) is 29.7. The maximum absolute atomic E-state index is 13.9. The quantitative estimate of drug-likeness (QED) is 0.0462. The number of sulfonamides is 1. The molecule has 2 heterocycles. The molecule has 264 valence electrons. The number of nitrogens with two attached hydrogens (primary N) is 1. The Bertz CT molecular complexity index is 2030. The second kappa shape index (κ2) is 16.2. The third-order valence-corrected chi connectivity index (χ3v) is 11.1. The van der Waals surface area contributed by atoms with Crippen LogP contribution in [-0.2, 0) is 26.2 Å². The smallest absolute Gasteiger partial charge is 0.325 e. The molecule has 1 atom stereocenters. The molecule has 0 unspecified atom stereocenters. The normalized spacial score (nSPS) is 14.8. The molecule has 0 bridgehead atoms. The van der Waals surface area contributed by atoms with E-state index < -0.39 is 27.9 Å². The highest BCUT2D eigenvalue weighted by molar-refractivity contribution is 7.89. The summed E-state index contributed by atoms with van der Waals surface area (Å²) in [5.41, 5.74) is 8.82. The van der Waals surface area contributed by atoms with Crippen molar-refractivity contribution in [2.24, 2.45) is 5.73 Å². The number of carbonyl (C=O) groups is 2. The van der Waals surface area contributed by atoms with Gasteiger partial charge in [0.15, 0.2) is 0 Å². The Hall–Kier alpha value is -4.27. The van der Waals surface area contributed by atoms with Gasteiger partial charge in [-0.1, -0.05) is 35.3 Å². The summed E-state index contributed by atoms with van der Waals surface area (Å²) in [6, 6.07) is 15.8. The zero-order valence-corrected chi connectivity index (χ0v) is 29.9. The van der Waals surface area contributed by atoms with Crippen molar-refractivity contribution in [1.29, 1.82) is 5.41 Å². The zero-order valence-electron chi connectivity index (χ0n) is 27.6. The predicted molar refractivity (Wildman–Crippen MR) is 193 cm³/mol. The first-order valence-corrected chi connectivity index (χ1v) is 18.2. The first-order chi connectivity index (χ1) is 23.9. The number of benzene rings is 3. The van der Waals surface area contributed by atoms with Gasteiger partial charge in [-0.05, 0) is 93.7 Å². The summed E-state index contributed by atoms with van der Waals surface area (Å²) in [7, 11) is -4.18. The van der Waals surface area contributed by atoms with Crippen molar-refractivity contribution in [1.82, 2.24) is 19.9 Å². The number of para-hydroxylation sites is 1. The van der Waals surface area contributed by atoms with E-state index in [1.807, 2.05) is 32.0 Å². The molecule has 1 saturated heterocycles. The average molecular weight is 742 g/mol. The number of pyridine rings is 1. The summed E-state index contributed by atoms with van der Waals surface area (Å²) < 4.78 is 40.4. The Labute approximate surface area is 300 Å². The highest BCUT2D eigenvalue weighted by Gasteiger charge is 2.40. The van der Waals surface area contributed by atoms with E-state index in [9.17, 15) is 18.0 Å². The van der Waals surface area contributed by atoms with Crippen molar-refractivity contribution in [3.63, 3.8) is 0 Å². The number of hydrogen-bond donors (Lipinski definition) is 4. The van der Waals surface area contributed by atoms with Crippen LogP contribution in [-0.4, -0.2) is 67.6 Å². The molecule has 1 aliphatic rings. The molecule has 0 spiro atoms. The molecule has 0 radical (unpaired) electrons. The maximum Gasteiger partial charge on any atom is 0.325 e. The minimum absolute atomic E-state index is 0.0515. The fourth-order valence-electron chi connectivity index (χ4n) is 5.75. The lowest BCUT2D eigenvalue weighted by Crippen LogP contribution is -2.46. The molecule has 15 heteroatoms. The lowest BCUT2D eigenvalue weighted by Gasteiger charge is -2.24. The summed E-state index contributed by atoms with van der Waals surface area (Å²) >= 11 is 13.2. The summed E-state index contributed by atoms with van der Waals surface area (Å²) in [6.07, 6.45) is 1.35. The van der Waals surface area contributed by atoms with Crippen LogP contribution in [0, 0.1) is 19.3 Å². The molecule has 12 nitrogen and oxygen atoms in total. The highest BCUT2D eigenvalue weighted by atomic mass is 35.5. The number of amidine groups is 1. The van der Waals surface area contributed by atoms with E-state index in [0.717, 1.165) is 16.6 Å². The van der Waals surface area contributed by atoms with Crippen LogP contribution in [0.4, 0.5) is 0 Å². The van der Waals surface area contributed by atoms with E-state index in [1.165, 1.54) is 16.4 Å². The third-order valence-electron chi connectivity index (χ3n) is 8.25. The lowest BCUT2D eigenvalue weighted by molar-refractivity contribution is -0.133. The van der Waals surface area contributed by atoms with Crippen LogP contribution in [0.1, 0.15) is 41.6 Å². The fraction of sp³-hybridized carbons (Fsp3) is 0.314. The third kappa shape index (κ3) is 8.53. The lowest BCUT2D eigenvalue weighted by atomic mass is 10.1. The number of nitrogen functional groups attached to an aromatic ring is 1. The monoisotopic (exact) mass is 740 g/mol. The first kappa shape index (κ1) is 37.0. The molecule has 5 N–H and O–H groups in total. The van der Waals surface area contributed by atoms with Crippen molar-refractivity contribution in [2.45, 2.75) is 50.7 Å². The highest BCUT2D eigenvalue weighted by Crippen LogP contribution is 2.36. The average Bonchev–Trinajstić information content (AvgIpc) is 3.58. The van der Waals surface area contributed by atoms with Gasteiger partial charge < -0.3 is 25.8 Å². The number of halogens is 2. The van der Waals surface area contributed by atoms with Gasteiger partial charge in [0, 0.05) is 40.3 Å². The fourth-order valence-corrected chi connectivity index (χ4v) is 8.27. The minimum Gasteiger partial charge on any atom is -0.487 e. The van der Waals surface area contributed by atoms with Crippen molar-refractivity contribution in [2.75, 3.05) is 26.2 Å². The SMILES string of the molecule is Cc1cc(C)c2cccc(OCc3c(Cl)ccc(S(=O)(=O)N4CCC[C@H]4C(=O)NCCCNCC(=O)Oc4ccc(C(=N)N)cc4)c3Cl)c2n1. The van der Waals surface area contributed by atoms with Gasteiger partial charge in [-0.3, -0.25) is 15.0 Å². The molecular formula is C35H38Cl2N6O6S. The van der Waals surface area contributed by atoms with Crippen molar-refractivity contribution in [3.05, 3.63) is 93.1 Å². The molecule has 50 heavy (non-hydrogen) atoms. The molecule has 0 saturated carbocycles. The van der Waals surface area contributed by atoms with E-state index in [-0.39, 0.29) is 47.0 Å². The van der Waals surface area contributed by atoms with E-state index in [2.05, 4.69) is 15.6 Å². The Balaban J connectivity index is 1.15. The number of amides is 1. The number of fused-ring (bicyclic) bond motifs is 1. The number of aromatic nitrogens is 1. The summed E-state index contributed by atoms with van der Waals surface area (Å²) in [5, 5.41) is 14.3. The Kier molecular flexibility index (Phi) is 12.0. The van der Waals surface area contributed by atoms with E-state index in [1.54, 1.807) is 30.3 Å². The summed E-state index contributed by atoms with van der Waals surface area (Å²) in [5.74, 6) is -0.150. The molecule has 4 aromatic rings. The van der Waals surface area contributed by atoms with Crippen molar-refractivity contribution in [3.8, 4) is 11.5 Å². The van der Waals surface area contributed by atoms with Crippen LogP contribution in [0.5, 0.6) is 11.5 Å². The van der Waals surface area contributed by atoms with Crippen LogP contribution in [0.25, 0.3) is 10.9 Å². The Morgan fingerprint density at radius 2 is 1.84 bits per heavy atom. The summed E-state index contributed by atoms with van der Waals surface area (Å²) in [6.45, 7) is 4.58. The van der Waals surface area contributed by atoms with Crippen LogP contribution in [0.15, 0.2) is 65.6 Å². The number of ether oxygens (including phenoxy) is 2. The van der Waals surface area contributed by atoms with Crippen LogP contribution < -0.4 is 25.8 Å². The van der Waals surface area contributed by atoms with Gasteiger partial charge in [-0.2, -0.15) is 4.31 Å². The number of aryl methyl sites for hydroxylation is 2. The Morgan fingerprint density at radius 1 is 1.08 bits per heavy atom. The van der Waals surface area contributed by atoms with Gasteiger partial charge in [-0.15, -0.1) is 0 Å². The molecule has 3 aromatic carbocycles. The van der Waals surface area contributed by atoms with Gasteiger partial charge in [0.25, 0.3) is 0 Å². The molecule has 1 aromatic heterocycles. The standard InChI is InChI=1S/C35H38Cl2N6O6S/c1-21-18-22(2)42-33-25(21)6-3-8-29(33)48-20-26-27(36)13-14-30(32(26)37)50(46,47)43-17-4-7-28(43)35(45)41-16-5-15-40-19-31(44)49-24-11-9-23(10-12-24)34(38)39/h3,6,8-14,18,28,40H,4-5,7,15-17,19-20H2,1-2H3,(H3,38,39)(H,41,45)/t28-/m0/s1. The van der Waals surface area contributed by atoms with E-state index >= 15 is 0 Å². The number of esters is 1. The van der Waals surface area contributed by atoms with Crippen molar-refractivity contribution >= 4 is 61.8 Å². The van der Waals surface area contributed by atoms with Crippen molar-refractivity contribution < 1.29 is 27.5 Å². The molecule has 1 amide bonds. The van der Waals surface area contributed by atoms with E-state index in [4.69, 9.17) is 43.8 Å². The second-order valence-electron chi connectivity index (χ2n) is 11.9. The molecule has 1 fully saturated rings. The predicted octanol–water partition coefficient (Wildman–Crippen LogP) is 4.88. The number of nitrogens with one attached hydrogen (secondary N) is 3. The molecule has 5 rings (SSSR count). The Morgan fingerprint density at radius 3 is 2.58 bits per heavy atom.